The van der Waals surface area contributed by atoms with Crippen LogP contribution < -0.4 is 15.2 Å². The van der Waals surface area contributed by atoms with Gasteiger partial charge in [0.15, 0.2) is 23.3 Å². The van der Waals surface area contributed by atoms with E-state index in [4.69, 9.17) is 0 Å². The number of hydrazone groups is 1. The average Bonchev–Trinajstić information content (AvgIpc) is 3.34. The molecule has 0 radical (unpaired) electrons. The summed E-state index contributed by atoms with van der Waals surface area (Å²) in [6.07, 6.45) is 0.696. The second kappa shape index (κ2) is 9.50. The van der Waals surface area contributed by atoms with Gasteiger partial charge in [0.1, 0.15) is 12.0 Å². The summed E-state index contributed by atoms with van der Waals surface area (Å²) in [5, 5.41) is 8.95. The second-order valence-corrected chi connectivity index (χ2v) is 8.44. The van der Waals surface area contributed by atoms with Crippen LogP contribution in [0.25, 0.3) is 0 Å². The SMILES string of the molecule is O=Cc1ccc(N2N=C(c3ccccc3)CC2c2c(F)c(F)c(N3CCNCC3)c(F)c2F)cc1. The molecule has 1 fully saturated rings. The van der Waals surface area contributed by atoms with Crippen LogP contribution in [-0.4, -0.2) is 38.2 Å². The van der Waals surface area contributed by atoms with Crippen LogP contribution in [0.3, 0.4) is 0 Å². The monoisotopic (exact) mass is 482 g/mol. The number of benzene rings is 3. The standard InChI is InChI=1S/C26H22F4N4O/c27-22-21(23(28)25(30)26(24(22)29)33-12-10-31-11-13-33)20-14-19(17-4-2-1-3-5-17)32-34(20)18-8-6-16(15-35)7-9-18/h1-9,15,20,31H,10-14H2. The van der Waals surface area contributed by atoms with Crippen LogP contribution in [0.2, 0.25) is 0 Å². The summed E-state index contributed by atoms with van der Waals surface area (Å²) in [4.78, 5) is 12.4. The quantitative estimate of drug-likeness (QED) is 0.322. The molecule has 0 aromatic heterocycles. The third-order valence-corrected chi connectivity index (χ3v) is 6.35. The summed E-state index contributed by atoms with van der Waals surface area (Å²) in [5.41, 5.74) is 0.677. The highest BCUT2D eigenvalue weighted by Gasteiger charge is 2.38. The van der Waals surface area contributed by atoms with Crippen molar-refractivity contribution in [1.29, 1.82) is 0 Å². The van der Waals surface area contributed by atoms with E-state index in [1.165, 1.54) is 22.0 Å². The van der Waals surface area contributed by atoms with Crippen LogP contribution >= 0.6 is 0 Å². The average molecular weight is 482 g/mol. The first kappa shape index (κ1) is 23.0. The molecule has 3 aromatic carbocycles. The number of nitrogens with zero attached hydrogens (tertiary/aromatic N) is 3. The molecule has 1 saturated heterocycles. The van der Waals surface area contributed by atoms with Gasteiger partial charge in [-0.15, -0.1) is 0 Å². The van der Waals surface area contributed by atoms with Crippen molar-refractivity contribution in [2.75, 3.05) is 36.1 Å². The van der Waals surface area contributed by atoms with E-state index in [9.17, 15) is 4.79 Å². The van der Waals surface area contributed by atoms with Gasteiger partial charge in [-0.25, -0.2) is 17.6 Å². The third-order valence-electron chi connectivity index (χ3n) is 6.35. The molecule has 180 valence electrons. The topological polar surface area (TPSA) is 47.9 Å². The van der Waals surface area contributed by atoms with Crippen molar-refractivity contribution in [2.45, 2.75) is 12.5 Å². The highest BCUT2D eigenvalue weighted by Crippen LogP contribution is 2.42. The molecule has 0 aliphatic carbocycles. The molecule has 3 aromatic rings. The predicted octanol–water partition coefficient (Wildman–Crippen LogP) is 4.82. The molecule has 9 heteroatoms. The van der Waals surface area contributed by atoms with E-state index in [1.54, 1.807) is 36.4 Å². The van der Waals surface area contributed by atoms with Crippen LogP contribution in [-0.2, 0) is 0 Å². The number of carbonyl (C=O) groups excluding carboxylic acids is 1. The lowest BCUT2D eigenvalue weighted by molar-refractivity contribution is 0.112. The number of carbonyl (C=O) groups is 1. The highest BCUT2D eigenvalue weighted by atomic mass is 19.2. The van der Waals surface area contributed by atoms with Crippen LogP contribution in [0.4, 0.5) is 28.9 Å². The third kappa shape index (κ3) is 4.16. The molecule has 5 rings (SSSR count). The normalized spacial score (nSPS) is 18.1. The minimum atomic E-state index is -1.43. The summed E-state index contributed by atoms with van der Waals surface area (Å²) in [6, 6.07) is 14.1. The number of nitrogens with one attached hydrogen (secondary N) is 1. The van der Waals surface area contributed by atoms with E-state index in [1.807, 2.05) is 6.07 Å². The Bertz CT molecular complexity index is 1250. The Hall–Kier alpha value is -3.72. The molecular weight excluding hydrogens is 460 g/mol. The van der Waals surface area contributed by atoms with Gasteiger partial charge in [-0.3, -0.25) is 9.80 Å². The van der Waals surface area contributed by atoms with Gasteiger partial charge in [-0.05, 0) is 29.8 Å². The number of hydrogen-bond donors (Lipinski definition) is 1. The zero-order valence-electron chi connectivity index (χ0n) is 18.6. The van der Waals surface area contributed by atoms with Crippen LogP contribution in [0.15, 0.2) is 59.7 Å². The number of piperazine rings is 1. The van der Waals surface area contributed by atoms with Crippen LogP contribution in [0.1, 0.15) is 33.9 Å². The Kier molecular flexibility index (Phi) is 6.25. The minimum Gasteiger partial charge on any atom is -0.364 e. The molecule has 0 amide bonds. The van der Waals surface area contributed by atoms with Gasteiger partial charge in [-0.1, -0.05) is 30.3 Å². The van der Waals surface area contributed by atoms with Gasteiger partial charge in [-0.2, -0.15) is 5.10 Å². The summed E-state index contributed by atoms with van der Waals surface area (Å²) in [5.74, 6) is -5.68. The van der Waals surface area contributed by atoms with E-state index < -0.39 is 40.6 Å². The zero-order valence-corrected chi connectivity index (χ0v) is 18.6. The largest absolute Gasteiger partial charge is 0.364 e. The summed E-state index contributed by atoms with van der Waals surface area (Å²) in [6.45, 7) is 1.36. The number of hydrogen-bond acceptors (Lipinski definition) is 5. The minimum absolute atomic E-state index is 0.0269. The second-order valence-electron chi connectivity index (χ2n) is 8.44. The van der Waals surface area contributed by atoms with Crippen molar-refractivity contribution < 1.29 is 22.4 Å². The van der Waals surface area contributed by atoms with E-state index in [0.717, 1.165) is 5.56 Å². The number of rotatable bonds is 5. The molecule has 1 N–H and O–H groups in total. The van der Waals surface area contributed by atoms with Crippen molar-refractivity contribution in [3.8, 4) is 0 Å². The Balaban J connectivity index is 1.61. The molecule has 1 atom stereocenters. The maximum Gasteiger partial charge on any atom is 0.185 e. The van der Waals surface area contributed by atoms with Gasteiger partial charge >= 0.3 is 0 Å². The summed E-state index contributed by atoms with van der Waals surface area (Å²) in [7, 11) is 0. The highest BCUT2D eigenvalue weighted by molar-refractivity contribution is 6.03. The summed E-state index contributed by atoms with van der Waals surface area (Å²) < 4.78 is 61.5. The van der Waals surface area contributed by atoms with E-state index in [0.29, 0.717) is 36.3 Å². The van der Waals surface area contributed by atoms with Crippen molar-refractivity contribution in [1.82, 2.24) is 5.32 Å². The zero-order chi connectivity index (χ0) is 24.5. The van der Waals surface area contributed by atoms with Crippen LogP contribution in [0, 0.1) is 23.3 Å². The van der Waals surface area contributed by atoms with Gasteiger partial charge in [0.05, 0.1) is 23.0 Å². The molecule has 2 aliphatic heterocycles. The van der Waals surface area contributed by atoms with Crippen LogP contribution in [0.5, 0.6) is 0 Å². The van der Waals surface area contributed by atoms with Gasteiger partial charge in [0.25, 0.3) is 0 Å². The maximum atomic E-state index is 15.5. The first-order valence-corrected chi connectivity index (χ1v) is 11.3. The van der Waals surface area contributed by atoms with Crippen molar-refractivity contribution >= 4 is 23.4 Å². The fourth-order valence-corrected chi connectivity index (χ4v) is 4.58. The summed E-state index contributed by atoms with van der Waals surface area (Å²) >= 11 is 0. The number of halogens is 4. The lowest BCUT2D eigenvalue weighted by Crippen LogP contribution is -2.44. The van der Waals surface area contributed by atoms with E-state index >= 15 is 17.6 Å². The van der Waals surface area contributed by atoms with Crippen molar-refractivity contribution in [2.24, 2.45) is 5.10 Å². The molecule has 2 heterocycles. The Morgan fingerprint density at radius 1 is 0.857 bits per heavy atom. The Morgan fingerprint density at radius 3 is 2.09 bits per heavy atom. The molecule has 0 saturated carbocycles. The van der Waals surface area contributed by atoms with Crippen molar-refractivity contribution in [3.63, 3.8) is 0 Å². The molecule has 2 aliphatic rings. The van der Waals surface area contributed by atoms with Gasteiger partial charge < -0.3 is 10.2 Å². The molecule has 0 spiro atoms. The lowest BCUT2D eigenvalue weighted by atomic mass is 9.96. The Labute approximate surface area is 199 Å². The van der Waals surface area contributed by atoms with E-state index in [-0.39, 0.29) is 19.5 Å². The molecule has 1 unspecified atom stereocenters. The fourth-order valence-electron chi connectivity index (χ4n) is 4.58. The lowest BCUT2D eigenvalue weighted by Gasteiger charge is -2.31. The predicted molar refractivity (Wildman–Crippen MR) is 126 cm³/mol. The smallest absolute Gasteiger partial charge is 0.185 e. The Morgan fingerprint density at radius 2 is 1.49 bits per heavy atom. The molecule has 5 nitrogen and oxygen atoms in total. The van der Waals surface area contributed by atoms with Gasteiger partial charge in [0, 0.05) is 38.2 Å². The number of anilines is 2. The first-order chi connectivity index (χ1) is 17.0. The van der Waals surface area contributed by atoms with E-state index in [2.05, 4.69) is 10.4 Å². The van der Waals surface area contributed by atoms with Gasteiger partial charge in [0.2, 0.25) is 0 Å². The first-order valence-electron chi connectivity index (χ1n) is 11.3. The molecule has 0 bridgehead atoms. The molecule has 35 heavy (non-hydrogen) atoms. The molecular formula is C26H22F4N4O. The fraction of sp³-hybridized carbons (Fsp3) is 0.231. The number of aldehydes is 1. The maximum absolute atomic E-state index is 15.5. The van der Waals surface area contributed by atoms with Crippen molar-refractivity contribution in [3.05, 3.63) is 94.6 Å².